The molecule has 1 aromatic rings. The molecule has 1 aliphatic carbocycles. The summed E-state index contributed by atoms with van der Waals surface area (Å²) in [7, 11) is 0. The smallest absolute Gasteiger partial charge is 0.0207 e. The van der Waals surface area contributed by atoms with E-state index in [1.165, 1.54) is 29.7 Å². The first kappa shape index (κ1) is 12.0. The van der Waals surface area contributed by atoms with E-state index in [1.807, 2.05) is 0 Å². The Kier molecular flexibility index (Phi) is 4.30. The fourth-order valence-corrected chi connectivity index (χ4v) is 2.38. The first-order valence-electron chi connectivity index (χ1n) is 6.14. The molecule has 0 amide bonds. The zero-order chi connectivity index (χ0) is 11.4. The van der Waals surface area contributed by atoms with Crippen molar-refractivity contribution < 1.29 is 0 Å². The molecule has 2 heteroatoms. The van der Waals surface area contributed by atoms with E-state index in [0.29, 0.717) is 6.04 Å². The van der Waals surface area contributed by atoms with Gasteiger partial charge in [0.1, 0.15) is 0 Å². The molecule has 1 saturated carbocycles. The van der Waals surface area contributed by atoms with Crippen LogP contribution < -0.4 is 5.32 Å². The topological polar surface area (TPSA) is 12.0 Å². The molecular weight excluding hydrogens is 214 g/mol. The van der Waals surface area contributed by atoms with Crippen LogP contribution in [-0.4, -0.2) is 12.3 Å². The van der Waals surface area contributed by atoms with Gasteiger partial charge in [-0.25, -0.2) is 0 Å². The van der Waals surface area contributed by atoms with Crippen LogP contribution in [0.2, 0.25) is 0 Å². The van der Waals surface area contributed by atoms with Crippen LogP contribution in [0.1, 0.15) is 31.7 Å². The summed E-state index contributed by atoms with van der Waals surface area (Å²) in [5.74, 6) is 1.02. The van der Waals surface area contributed by atoms with Gasteiger partial charge in [-0.3, -0.25) is 0 Å². The number of thioether (sulfide) groups is 1. The predicted molar refractivity (Wildman–Crippen MR) is 71.9 cm³/mol. The Morgan fingerprint density at radius 1 is 1.31 bits per heavy atom. The van der Waals surface area contributed by atoms with E-state index in [9.17, 15) is 0 Å². The van der Waals surface area contributed by atoms with E-state index in [-0.39, 0.29) is 0 Å². The van der Waals surface area contributed by atoms with Gasteiger partial charge < -0.3 is 5.32 Å². The van der Waals surface area contributed by atoms with Gasteiger partial charge in [0.15, 0.2) is 0 Å². The Morgan fingerprint density at radius 3 is 2.56 bits per heavy atom. The molecule has 0 spiro atoms. The molecule has 1 aromatic carbocycles. The number of hydrogen-bond donors (Lipinski definition) is 1. The van der Waals surface area contributed by atoms with Crippen molar-refractivity contribution in [2.75, 3.05) is 6.26 Å². The van der Waals surface area contributed by atoms with Gasteiger partial charge in [0.2, 0.25) is 0 Å². The fourth-order valence-electron chi connectivity index (χ4n) is 1.97. The summed E-state index contributed by atoms with van der Waals surface area (Å²) in [6, 6.07) is 9.51. The molecule has 0 saturated heterocycles. The van der Waals surface area contributed by atoms with Gasteiger partial charge in [-0.1, -0.05) is 25.0 Å². The highest BCUT2D eigenvalue weighted by Gasteiger charge is 2.23. The molecule has 2 rings (SSSR count). The van der Waals surface area contributed by atoms with Crippen molar-refractivity contribution in [1.82, 2.24) is 5.32 Å². The average Bonchev–Trinajstić information content (AvgIpc) is 3.11. The number of benzene rings is 1. The van der Waals surface area contributed by atoms with Crippen LogP contribution in [0, 0.1) is 5.92 Å². The summed E-state index contributed by atoms with van der Waals surface area (Å²) in [6.07, 6.45) is 6.37. The SMILES string of the molecule is CSc1ccc(CNC(C)CC2CC2)cc1. The molecule has 0 aliphatic heterocycles. The van der Waals surface area contributed by atoms with E-state index in [0.717, 1.165) is 12.5 Å². The quantitative estimate of drug-likeness (QED) is 0.755. The van der Waals surface area contributed by atoms with E-state index in [1.54, 1.807) is 11.8 Å². The molecule has 0 heterocycles. The van der Waals surface area contributed by atoms with Crippen LogP contribution in [0.4, 0.5) is 0 Å². The molecule has 1 aliphatic rings. The lowest BCUT2D eigenvalue weighted by Gasteiger charge is -2.13. The van der Waals surface area contributed by atoms with E-state index < -0.39 is 0 Å². The van der Waals surface area contributed by atoms with Crippen molar-refractivity contribution in [3.63, 3.8) is 0 Å². The van der Waals surface area contributed by atoms with Crippen molar-refractivity contribution >= 4 is 11.8 Å². The molecule has 16 heavy (non-hydrogen) atoms. The summed E-state index contributed by atoms with van der Waals surface area (Å²) in [4.78, 5) is 1.34. The lowest BCUT2D eigenvalue weighted by Crippen LogP contribution is -2.25. The Labute approximate surface area is 103 Å². The maximum Gasteiger partial charge on any atom is 0.0207 e. The lowest BCUT2D eigenvalue weighted by atomic mass is 10.1. The first-order valence-corrected chi connectivity index (χ1v) is 7.36. The second-order valence-corrected chi connectivity index (χ2v) is 5.69. The molecule has 0 radical (unpaired) electrons. The number of rotatable bonds is 6. The monoisotopic (exact) mass is 235 g/mol. The van der Waals surface area contributed by atoms with Gasteiger partial charge in [-0.2, -0.15) is 0 Å². The normalized spacial score (nSPS) is 17.4. The third-order valence-electron chi connectivity index (χ3n) is 3.20. The number of hydrogen-bond acceptors (Lipinski definition) is 2. The molecule has 1 nitrogen and oxygen atoms in total. The van der Waals surface area contributed by atoms with Gasteiger partial charge in [0.25, 0.3) is 0 Å². The average molecular weight is 235 g/mol. The van der Waals surface area contributed by atoms with Crippen LogP contribution in [0.3, 0.4) is 0 Å². The minimum absolute atomic E-state index is 0.660. The largest absolute Gasteiger partial charge is 0.310 e. The minimum atomic E-state index is 0.660. The summed E-state index contributed by atoms with van der Waals surface area (Å²) in [5.41, 5.74) is 1.39. The van der Waals surface area contributed by atoms with Crippen molar-refractivity contribution in [3.05, 3.63) is 29.8 Å². The van der Waals surface area contributed by atoms with Crippen LogP contribution >= 0.6 is 11.8 Å². The fraction of sp³-hybridized carbons (Fsp3) is 0.571. The highest BCUT2D eigenvalue weighted by molar-refractivity contribution is 7.98. The molecule has 1 atom stereocenters. The minimum Gasteiger partial charge on any atom is -0.310 e. The predicted octanol–water partition coefficient (Wildman–Crippen LogP) is 3.69. The lowest BCUT2D eigenvalue weighted by molar-refractivity contribution is 0.487. The van der Waals surface area contributed by atoms with E-state index >= 15 is 0 Å². The maximum atomic E-state index is 3.60. The van der Waals surface area contributed by atoms with Crippen molar-refractivity contribution in [2.45, 2.75) is 43.7 Å². The highest BCUT2D eigenvalue weighted by Crippen LogP contribution is 2.33. The Hall–Kier alpha value is -0.470. The van der Waals surface area contributed by atoms with Gasteiger partial charge in [-0.05, 0) is 43.2 Å². The Morgan fingerprint density at radius 2 is 2.00 bits per heavy atom. The molecule has 0 aromatic heterocycles. The third kappa shape index (κ3) is 3.84. The molecule has 88 valence electrons. The standard InChI is InChI=1S/C14H21NS/c1-11(9-12-3-4-12)15-10-13-5-7-14(16-2)8-6-13/h5-8,11-12,15H,3-4,9-10H2,1-2H3. The Bertz CT molecular complexity index is 316. The summed E-state index contributed by atoms with van der Waals surface area (Å²) >= 11 is 1.80. The van der Waals surface area contributed by atoms with Crippen LogP contribution in [0.15, 0.2) is 29.2 Å². The molecule has 1 unspecified atom stereocenters. The number of nitrogens with one attached hydrogen (secondary N) is 1. The van der Waals surface area contributed by atoms with Crippen LogP contribution in [-0.2, 0) is 6.54 Å². The van der Waals surface area contributed by atoms with E-state index in [4.69, 9.17) is 0 Å². The highest BCUT2D eigenvalue weighted by atomic mass is 32.2. The van der Waals surface area contributed by atoms with Gasteiger partial charge in [0, 0.05) is 17.5 Å². The molecular formula is C14H21NS. The second-order valence-electron chi connectivity index (χ2n) is 4.81. The van der Waals surface area contributed by atoms with Crippen LogP contribution in [0.5, 0.6) is 0 Å². The zero-order valence-corrected chi connectivity index (χ0v) is 11.0. The summed E-state index contributed by atoms with van der Waals surface area (Å²) in [6.45, 7) is 3.30. The van der Waals surface area contributed by atoms with E-state index in [2.05, 4.69) is 42.8 Å². The molecule has 0 bridgehead atoms. The molecule has 1 fully saturated rings. The molecule has 1 N–H and O–H groups in total. The van der Waals surface area contributed by atoms with Crippen molar-refractivity contribution in [2.24, 2.45) is 5.92 Å². The first-order chi connectivity index (χ1) is 7.78. The second kappa shape index (κ2) is 5.74. The summed E-state index contributed by atoms with van der Waals surface area (Å²) in [5, 5.41) is 3.60. The van der Waals surface area contributed by atoms with Crippen molar-refractivity contribution in [1.29, 1.82) is 0 Å². The maximum absolute atomic E-state index is 3.60. The summed E-state index contributed by atoms with van der Waals surface area (Å²) < 4.78 is 0. The van der Waals surface area contributed by atoms with Crippen molar-refractivity contribution in [3.8, 4) is 0 Å². The van der Waals surface area contributed by atoms with Gasteiger partial charge in [-0.15, -0.1) is 11.8 Å². The Balaban J connectivity index is 1.74. The zero-order valence-electron chi connectivity index (χ0n) is 10.2. The van der Waals surface area contributed by atoms with Gasteiger partial charge in [0.05, 0.1) is 0 Å². The van der Waals surface area contributed by atoms with Gasteiger partial charge >= 0.3 is 0 Å². The third-order valence-corrected chi connectivity index (χ3v) is 3.94. The van der Waals surface area contributed by atoms with Crippen LogP contribution in [0.25, 0.3) is 0 Å².